The molecule has 1 aliphatic heterocycles. The number of hydrogen-bond acceptors (Lipinski definition) is 6. The van der Waals surface area contributed by atoms with E-state index in [1.807, 2.05) is 47.1 Å². The molecule has 4 heterocycles. The molecule has 32 heavy (non-hydrogen) atoms. The van der Waals surface area contributed by atoms with E-state index in [9.17, 15) is 9.90 Å². The number of aliphatic hydroxyl groups is 1. The zero-order valence-corrected chi connectivity index (χ0v) is 16.9. The zero-order chi connectivity index (χ0) is 21.7. The summed E-state index contributed by atoms with van der Waals surface area (Å²) in [5.74, 6) is 0.536. The molecule has 1 fully saturated rings. The number of anilines is 2. The third-order valence-electron chi connectivity index (χ3n) is 5.66. The quantitative estimate of drug-likeness (QED) is 0.408. The molecular formula is C23H19N7O2. The lowest BCUT2D eigenvalue weighted by molar-refractivity contribution is 0.00590. The standard InChI is InChI=1S/C23H19N7O2/c31-18-11-30(12-18)23(32)14-3-5-17(6-4-14)26-21-22-24-7-8-29(22)13-20(27-21)15-1-2-16-10-25-28-19(16)9-15/h1-10,13,18,31H,11-12H2,(H,25,28)(H,26,27). The lowest BCUT2D eigenvalue weighted by Crippen LogP contribution is -2.53. The summed E-state index contributed by atoms with van der Waals surface area (Å²) in [6.45, 7) is 0.773. The van der Waals surface area contributed by atoms with Crippen molar-refractivity contribution in [1.82, 2.24) is 29.5 Å². The van der Waals surface area contributed by atoms with Crippen LogP contribution in [0.2, 0.25) is 0 Å². The largest absolute Gasteiger partial charge is 0.389 e. The van der Waals surface area contributed by atoms with E-state index in [1.54, 1.807) is 29.4 Å². The van der Waals surface area contributed by atoms with Crippen molar-refractivity contribution in [2.45, 2.75) is 6.10 Å². The van der Waals surface area contributed by atoms with Crippen molar-refractivity contribution in [3.8, 4) is 11.3 Å². The van der Waals surface area contributed by atoms with Crippen molar-refractivity contribution in [2.75, 3.05) is 18.4 Å². The average Bonchev–Trinajstić information content (AvgIpc) is 3.46. The van der Waals surface area contributed by atoms with E-state index in [4.69, 9.17) is 4.98 Å². The van der Waals surface area contributed by atoms with Crippen LogP contribution in [0.3, 0.4) is 0 Å². The van der Waals surface area contributed by atoms with Crippen LogP contribution in [0, 0.1) is 0 Å². The Bertz CT molecular complexity index is 1450. The Morgan fingerprint density at radius 1 is 1.16 bits per heavy atom. The van der Waals surface area contributed by atoms with E-state index in [0.717, 1.165) is 27.8 Å². The summed E-state index contributed by atoms with van der Waals surface area (Å²) in [7, 11) is 0. The molecule has 0 saturated carbocycles. The van der Waals surface area contributed by atoms with Gasteiger partial charge in [-0.15, -0.1) is 0 Å². The Kier molecular flexibility index (Phi) is 4.15. The van der Waals surface area contributed by atoms with Gasteiger partial charge in [0.05, 0.1) is 23.5 Å². The maximum absolute atomic E-state index is 12.4. The monoisotopic (exact) mass is 425 g/mol. The second kappa shape index (κ2) is 7.17. The highest BCUT2D eigenvalue weighted by atomic mass is 16.3. The highest BCUT2D eigenvalue weighted by Crippen LogP contribution is 2.27. The van der Waals surface area contributed by atoms with Crippen molar-refractivity contribution in [3.63, 3.8) is 0 Å². The molecule has 1 saturated heterocycles. The number of rotatable bonds is 4. The maximum atomic E-state index is 12.4. The first-order valence-corrected chi connectivity index (χ1v) is 10.3. The number of benzene rings is 2. The molecule has 0 unspecified atom stereocenters. The number of H-pyrrole nitrogens is 1. The summed E-state index contributed by atoms with van der Waals surface area (Å²) in [5.41, 5.74) is 4.77. The fourth-order valence-corrected chi connectivity index (χ4v) is 3.89. The van der Waals surface area contributed by atoms with E-state index < -0.39 is 6.10 Å². The minimum absolute atomic E-state index is 0.0770. The zero-order valence-electron chi connectivity index (χ0n) is 16.9. The summed E-state index contributed by atoms with van der Waals surface area (Å²) in [6.07, 6.45) is 6.92. The van der Waals surface area contributed by atoms with E-state index in [0.29, 0.717) is 30.1 Å². The minimum atomic E-state index is -0.413. The predicted octanol–water partition coefficient (Wildman–Crippen LogP) is 2.83. The predicted molar refractivity (Wildman–Crippen MR) is 120 cm³/mol. The van der Waals surface area contributed by atoms with Gasteiger partial charge in [-0.1, -0.05) is 12.1 Å². The second-order valence-corrected chi connectivity index (χ2v) is 7.87. The summed E-state index contributed by atoms with van der Waals surface area (Å²) in [6, 6.07) is 13.3. The number of likely N-dealkylation sites (tertiary alicyclic amines) is 1. The number of nitrogens with one attached hydrogen (secondary N) is 2. The van der Waals surface area contributed by atoms with Crippen LogP contribution in [0.15, 0.2) is 67.3 Å². The van der Waals surface area contributed by atoms with Crippen LogP contribution in [0.5, 0.6) is 0 Å². The van der Waals surface area contributed by atoms with Gasteiger partial charge in [0.25, 0.3) is 5.91 Å². The third-order valence-corrected chi connectivity index (χ3v) is 5.66. The van der Waals surface area contributed by atoms with Crippen molar-refractivity contribution in [3.05, 3.63) is 72.8 Å². The van der Waals surface area contributed by atoms with Gasteiger partial charge < -0.3 is 19.7 Å². The van der Waals surface area contributed by atoms with Crippen LogP contribution in [0.4, 0.5) is 11.5 Å². The molecule has 158 valence electrons. The number of aliphatic hydroxyl groups excluding tert-OH is 1. The van der Waals surface area contributed by atoms with Gasteiger partial charge in [-0.2, -0.15) is 5.10 Å². The number of carbonyl (C=O) groups is 1. The molecule has 6 rings (SSSR count). The Labute approximate surface area is 182 Å². The maximum Gasteiger partial charge on any atom is 0.254 e. The summed E-state index contributed by atoms with van der Waals surface area (Å²) >= 11 is 0. The molecule has 1 amide bonds. The minimum Gasteiger partial charge on any atom is -0.389 e. The SMILES string of the molecule is O=C(c1ccc(Nc2nc(-c3ccc4cn[nH]c4c3)cn3ccnc23)cc1)N1CC(O)C1. The molecule has 0 radical (unpaired) electrons. The molecule has 1 aliphatic rings. The lowest BCUT2D eigenvalue weighted by atomic mass is 10.1. The fourth-order valence-electron chi connectivity index (χ4n) is 3.89. The number of hydrogen-bond donors (Lipinski definition) is 3. The number of nitrogens with zero attached hydrogens (tertiary/aromatic N) is 5. The fraction of sp³-hybridized carbons (Fsp3) is 0.130. The average molecular weight is 425 g/mol. The van der Waals surface area contributed by atoms with Crippen LogP contribution in [-0.2, 0) is 0 Å². The number of amides is 1. The van der Waals surface area contributed by atoms with Gasteiger partial charge in [-0.25, -0.2) is 9.97 Å². The van der Waals surface area contributed by atoms with Gasteiger partial charge >= 0.3 is 0 Å². The highest BCUT2D eigenvalue weighted by Gasteiger charge is 2.29. The van der Waals surface area contributed by atoms with Gasteiger partial charge in [-0.05, 0) is 30.3 Å². The van der Waals surface area contributed by atoms with Crippen LogP contribution in [-0.4, -0.2) is 59.7 Å². The highest BCUT2D eigenvalue weighted by molar-refractivity contribution is 5.95. The molecule has 3 aromatic heterocycles. The molecule has 9 heteroatoms. The molecule has 2 aromatic carbocycles. The van der Waals surface area contributed by atoms with Crippen LogP contribution in [0.1, 0.15) is 10.4 Å². The lowest BCUT2D eigenvalue weighted by Gasteiger charge is -2.35. The number of carbonyl (C=O) groups excluding carboxylic acids is 1. The van der Waals surface area contributed by atoms with Gasteiger partial charge in [0.15, 0.2) is 11.5 Å². The van der Waals surface area contributed by atoms with Gasteiger partial charge in [-0.3, -0.25) is 9.89 Å². The number of aromatic nitrogens is 5. The van der Waals surface area contributed by atoms with E-state index in [2.05, 4.69) is 20.5 Å². The van der Waals surface area contributed by atoms with Crippen molar-refractivity contribution >= 4 is 34.0 Å². The number of imidazole rings is 1. The molecule has 3 N–H and O–H groups in total. The second-order valence-electron chi connectivity index (χ2n) is 7.87. The molecule has 0 bridgehead atoms. The van der Waals surface area contributed by atoms with E-state index >= 15 is 0 Å². The van der Waals surface area contributed by atoms with Gasteiger partial charge in [0.1, 0.15) is 0 Å². The Balaban J connectivity index is 1.31. The first kappa shape index (κ1) is 18.5. The first-order valence-electron chi connectivity index (χ1n) is 10.3. The molecule has 9 nitrogen and oxygen atoms in total. The number of fused-ring (bicyclic) bond motifs is 2. The van der Waals surface area contributed by atoms with Crippen molar-refractivity contribution in [1.29, 1.82) is 0 Å². The molecule has 0 atom stereocenters. The van der Waals surface area contributed by atoms with Crippen LogP contribution in [0.25, 0.3) is 27.8 Å². The van der Waals surface area contributed by atoms with Crippen LogP contribution < -0.4 is 5.32 Å². The van der Waals surface area contributed by atoms with E-state index in [-0.39, 0.29) is 5.91 Å². The summed E-state index contributed by atoms with van der Waals surface area (Å²) in [4.78, 5) is 23.3. The molecular weight excluding hydrogens is 406 g/mol. The Hall–Kier alpha value is -4.24. The Morgan fingerprint density at radius 3 is 2.81 bits per heavy atom. The number of β-amino-alcohol motifs (C(OH)–C–C–N with tert-alkyl or cyclic N) is 1. The Morgan fingerprint density at radius 2 is 2.00 bits per heavy atom. The summed E-state index contributed by atoms with van der Waals surface area (Å²) in [5, 5.41) is 20.9. The van der Waals surface area contributed by atoms with Crippen molar-refractivity contribution in [2.24, 2.45) is 0 Å². The third kappa shape index (κ3) is 3.15. The number of aromatic amines is 1. The summed E-state index contributed by atoms with van der Waals surface area (Å²) < 4.78 is 1.93. The molecule has 0 spiro atoms. The normalized spacial score (nSPS) is 14.1. The van der Waals surface area contributed by atoms with Crippen LogP contribution >= 0.6 is 0 Å². The molecule has 5 aromatic rings. The van der Waals surface area contributed by atoms with Gasteiger partial charge in [0, 0.05) is 53.9 Å². The topological polar surface area (TPSA) is 111 Å². The first-order chi connectivity index (χ1) is 15.6. The van der Waals surface area contributed by atoms with Crippen molar-refractivity contribution < 1.29 is 9.90 Å². The van der Waals surface area contributed by atoms with E-state index in [1.165, 1.54) is 0 Å². The molecule has 0 aliphatic carbocycles. The van der Waals surface area contributed by atoms with Gasteiger partial charge in [0.2, 0.25) is 0 Å². The smallest absolute Gasteiger partial charge is 0.254 e.